The van der Waals surface area contributed by atoms with Crippen molar-refractivity contribution in [3.05, 3.63) is 58.7 Å². The maximum absolute atomic E-state index is 12.9. The maximum Gasteiger partial charge on any atom is 0.174 e. The molecule has 0 bridgehead atoms. The number of carbonyl (C=O) groups is 1. The van der Waals surface area contributed by atoms with Crippen molar-refractivity contribution in [1.29, 1.82) is 0 Å². The van der Waals surface area contributed by atoms with E-state index < -0.39 is 17.8 Å². The second kappa shape index (κ2) is 7.93. The number of aromatic hydroxyl groups is 2. The Bertz CT molecular complexity index is 1030. The predicted molar refractivity (Wildman–Crippen MR) is 116 cm³/mol. The lowest BCUT2D eigenvalue weighted by Crippen LogP contribution is -2.42. The summed E-state index contributed by atoms with van der Waals surface area (Å²) in [6.45, 7) is 5.77. The van der Waals surface area contributed by atoms with Gasteiger partial charge < -0.3 is 24.8 Å². The highest BCUT2D eigenvalue weighted by Gasteiger charge is 2.42. The third kappa shape index (κ3) is 4.12. The zero-order chi connectivity index (χ0) is 22.3. The van der Waals surface area contributed by atoms with Crippen LogP contribution in [0.3, 0.4) is 0 Å². The highest BCUT2D eigenvalue weighted by molar-refractivity contribution is 6.03. The quantitative estimate of drug-likeness (QED) is 0.607. The largest absolute Gasteiger partial charge is 0.508 e. The average molecular weight is 424 g/mol. The molecule has 2 aliphatic rings. The number of ether oxygens (including phenoxy) is 2. The second-order valence-electron chi connectivity index (χ2n) is 8.89. The Morgan fingerprint density at radius 1 is 1.13 bits per heavy atom. The fraction of sp³-hybridized carbons (Fsp3) is 0.400. The summed E-state index contributed by atoms with van der Waals surface area (Å²) < 4.78 is 12.0. The van der Waals surface area contributed by atoms with Gasteiger partial charge in [0.2, 0.25) is 0 Å². The van der Waals surface area contributed by atoms with Crippen LogP contribution in [0.2, 0.25) is 0 Å². The zero-order valence-electron chi connectivity index (χ0n) is 18.0. The lowest BCUT2D eigenvalue weighted by molar-refractivity contribution is -0.0434. The fourth-order valence-electron chi connectivity index (χ4n) is 4.21. The Kier molecular flexibility index (Phi) is 5.43. The van der Waals surface area contributed by atoms with Gasteiger partial charge in [0.1, 0.15) is 40.8 Å². The van der Waals surface area contributed by atoms with Gasteiger partial charge in [0, 0.05) is 18.1 Å². The van der Waals surface area contributed by atoms with Crippen LogP contribution in [0.1, 0.15) is 67.6 Å². The van der Waals surface area contributed by atoms with E-state index in [1.807, 2.05) is 13.8 Å². The molecule has 0 radical (unpaired) electrons. The molecule has 0 saturated carbocycles. The van der Waals surface area contributed by atoms with E-state index in [0.717, 1.165) is 12.0 Å². The number of phenolic OH excluding ortho intramolecular Hbond substituents is 2. The summed E-state index contributed by atoms with van der Waals surface area (Å²) in [6.07, 6.45) is 2.70. The van der Waals surface area contributed by atoms with Crippen LogP contribution < -0.4 is 9.47 Å². The number of phenols is 2. The van der Waals surface area contributed by atoms with Gasteiger partial charge in [0.05, 0.1) is 12.0 Å². The van der Waals surface area contributed by atoms with Gasteiger partial charge in [-0.25, -0.2) is 0 Å². The average Bonchev–Trinajstić information content (AvgIpc) is 3.13. The number of hydrogen-bond acceptors (Lipinski definition) is 6. The number of carbonyl (C=O) groups excluding carboxylic acids is 1. The van der Waals surface area contributed by atoms with Gasteiger partial charge >= 0.3 is 0 Å². The molecule has 2 aliphatic heterocycles. The van der Waals surface area contributed by atoms with Gasteiger partial charge in [-0.2, -0.15) is 0 Å². The summed E-state index contributed by atoms with van der Waals surface area (Å²) in [5, 5.41) is 31.3. The number of rotatable bonds is 5. The van der Waals surface area contributed by atoms with Gasteiger partial charge in [0.15, 0.2) is 5.78 Å². The standard InChI is InChI=1S/C25H28O6/c1-14(2)5-4-10-25(3,29)22-11-17-20(31-22)13-21-23(24(17)28)18(27)12-19(30-21)15-6-8-16(26)9-7-15/h5-9,13,19,22,26,28-29H,4,10-12H2,1-3H3/t19-,22+,25-/m0/s1. The third-order valence-corrected chi connectivity index (χ3v) is 6.07. The Hall–Kier alpha value is -2.99. The Morgan fingerprint density at radius 2 is 1.84 bits per heavy atom. The molecule has 2 aromatic carbocycles. The first-order valence-electron chi connectivity index (χ1n) is 10.6. The van der Waals surface area contributed by atoms with Gasteiger partial charge in [-0.1, -0.05) is 23.8 Å². The number of hydrogen-bond donors (Lipinski definition) is 3. The predicted octanol–water partition coefficient (Wildman–Crippen LogP) is 4.61. The third-order valence-electron chi connectivity index (χ3n) is 6.07. The molecule has 2 aromatic rings. The summed E-state index contributed by atoms with van der Waals surface area (Å²) in [6, 6.07) is 8.15. The van der Waals surface area contributed by atoms with Crippen molar-refractivity contribution < 1.29 is 29.6 Å². The minimum atomic E-state index is -1.09. The molecule has 0 fully saturated rings. The van der Waals surface area contributed by atoms with Crippen LogP contribution in [-0.2, 0) is 6.42 Å². The molecular formula is C25H28O6. The van der Waals surface area contributed by atoms with Gasteiger partial charge in [-0.3, -0.25) is 4.79 Å². The normalized spacial score (nSPS) is 21.4. The summed E-state index contributed by atoms with van der Waals surface area (Å²) in [5.41, 5.74) is 1.57. The van der Waals surface area contributed by atoms with Crippen LogP contribution in [0.15, 0.2) is 42.0 Å². The molecule has 6 nitrogen and oxygen atoms in total. The lowest BCUT2D eigenvalue weighted by Gasteiger charge is -2.29. The lowest BCUT2D eigenvalue weighted by atomic mass is 9.88. The topological polar surface area (TPSA) is 96.2 Å². The Balaban J connectivity index is 1.59. The van der Waals surface area contributed by atoms with Crippen molar-refractivity contribution in [3.63, 3.8) is 0 Å². The first-order valence-corrected chi connectivity index (χ1v) is 10.6. The molecule has 0 aliphatic carbocycles. The first-order chi connectivity index (χ1) is 14.7. The number of fused-ring (bicyclic) bond motifs is 2. The molecule has 0 saturated heterocycles. The molecule has 4 rings (SSSR count). The van der Waals surface area contributed by atoms with Crippen molar-refractivity contribution in [1.82, 2.24) is 0 Å². The van der Waals surface area contributed by atoms with Crippen LogP contribution in [-0.4, -0.2) is 32.8 Å². The van der Waals surface area contributed by atoms with Crippen molar-refractivity contribution in [2.45, 2.75) is 64.3 Å². The Morgan fingerprint density at radius 3 is 2.52 bits per heavy atom. The summed E-state index contributed by atoms with van der Waals surface area (Å²) >= 11 is 0. The minimum Gasteiger partial charge on any atom is -0.508 e. The van der Waals surface area contributed by atoms with Crippen molar-refractivity contribution >= 4 is 5.78 Å². The van der Waals surface area contributed by atoms with E-state index in [1.54, 1.807) is 37.3 Å². The molecule has 3 atom stereocenters. The minimum absolute atomic E-state index is 0.0921. The van der Waals surface area contributed by atoms with E-state index in [9.17, 15) is 20.1 Å². The number of aliphatic hydroxyl groups is 1. The molecule has 0 amide bonds. The SMILES string of the molecule is CC(C)=CCC[C@](C)(O)[C@H]1Cc2c(cc3c(c2O)C(=O)C[C@@H](c2ccc(O)cc2)O3)O1. The number of allylic oxidation sites excluding steroid dienone is 2. The van der Waals surface area contributed by atoms with Crippen LogP contribution in [0.25, 0.3) is 0 Å². The molecule has 0 spiro atoms. The summed E-state index contributed by atoms with van der Waals surface area (Å²) in [5.74, 6) is 0.513. The summed E-state index contributed by atoms with van der Waals surface area (Å²) in [7, 11) is 0. The highest BCUT2D eigenvalue weighted by atomic mass is 16.5. The van der Waals surface area contributed by atoms with E-state index in [2.05, 4.69) is 6.08 Å². The van der Waals surface area contributed by atoms with Crippen LogP contribution in [0.5, 0.6) is 23.0 Å². The number of ketones is 1. The van der Waals surface area contributed by atoms with Crippen LogP contribution >= 0.6 is 0 Å². The van der Waals surface area contributed by atoms with E-state index in [1.165, 1.54) is 5.57 Å². The zero-order valence-corrected chi connectivity index (χ0v) is 18.0. The van der Waals surface area contributed by atoms with Crippen molar-refractivity contribution in [2.75, 3.05) is 0 Å². The highest BCUT2D eigenvalue weighted by Crippen LogP contribution is 2.48. The molecule has 0 unspecified atom stereocenters. The molecule has 2 heterocycles. The molecule has 31 heavy (non-hydrogen) atoms. The van der Waals surface area contributed by atoms with Crippen LogP contribution in [0.4, 0.5) is 0 Å². The molecule has 3 N–H and O–H groups in total. The molecule has 164 valence electrons. The van der Waals surface area contributed by atoms with E-state index >= 15 is 0 Å². The second-order valence-corrected chi connectivity index (χ2v) is 8.89. The van der Waals surface area contributed by atoms with Crippen LogP contribution in [0, 0.1) is 0 Å². The van der Waals surface area contributed by atoms with E-state index in [-0.39, 0.29) is 35.0 Å². The first kappa shape index (κ1) is 21.2. The maximum atomic E-state index is 12.9. The molecular weight excluding hydrogens is 396 g/mol. The summed E-state index contributed by atoms with van der Waals surface area (Å²) in [4.78, 5) is 12.9. The van der Waals surface area contributed by atoms with E-state index in [0.29, 0.717) is 24.2 Å². The molecule has 6 heteroatoms. The van der Waals surface area contributed by atoms with E-state index in [4.69, 9.17) is 9.47 Å². The van der Waals surface area contributed by atoms with Gasteiger partial charge in [-0.15, -0.1) is 0 Å². The Labute approximate surface area is 181 Å². The van der Waals surface area contributed by atoms with Gasteiger partial charge in [0.25, 0.3) is 0 Å². The number of benzene rings is 2. The monoisotopic (exact) mass is 424 g/mol. The van der Waals surface area contributed by atoms with Crippen molar-refractivity contribution in [2.24, 2.45) is 0 Å². The van der Waals surface area contributed by atoms with Crippen molar-refractivity contribution in [3.8, 4) is 23.0 Å². The smallest absolute Gasteiger partial charge is 0.174 e. The van der Waals surface area contributed by atoms with Gasteiger partial charge in [-0.05, 0) is 51.3 Å². The fourth-order valence-corrected chi connectivity index (χ4v) is 4.21. The number of Topliss-reactive ketones (excluding diaryl/α,β-unsaturated/α-hetero) is 1. The molecule has 0 aromatic heterocycles.